The Hall–Kier alpha value is -0.940. The summed E-state index contributed by atoms with van der Waals surface area (Å²) < 4.78 is 0. The zero-order valence-corrected chi connectivity index (χ0v) is 10.7. The molecule has 0 aliphatic heterocycles. The highest BCUT2D eigenvalue weighted by Gasteiger charge is 2.23. The van der Waals surface area contributed by atoms with E-state index in [2.05, 4.69) is 16.8 Å². The molecule has 0 saturated heterocycles. The van der Waals surface area contributed by atoms with Gasteiger partial charge in [-0.05, 0) is 20.4 Å². The molecule has 0 saturated carbocycles. The van der Waals surface area contributed by atoms with Crippen LogP contribution in [0.3, 0.4) is 0 Å². The lowest BCUT2D eigenvalue weighted by Crippen LogP contribution is -2.36. The number of aliphatic carboxylic acids is 1. The van der Waals surface area contributed by atoms with Gasteiger partial charge in [0.2, 0.25) is 0 Å². The van der Waals surface area contributed by atoms with Crippen molar-refractivity contribution in [1.29, 1.82) is 0 Å². The molecule has 0 aromatic carbocycles. The second-order valence-corrected chi connectivity index (χ2v) is 4.75. The van der Waals surface area contributed by atoms with Crippen LogP contribution < -0.4 is 0 Å². The molecule has 0 aliphatic rings. The standard InChI is InChI=1S/C11H18N2O2S/c1-4-13(8(2)7-10(14)15)9(3)11-12-5-6-16-11/h5-6,8-9H,4,7H2,1-3H3,(H,14,15). The highest BCUT2D eigenvalue weighted by atomic mass is 32.1. The molecule has 1 aromatic heterocycles. The van der Waals surface area contributed by atoms with Crippen molar-refractivity contribution in [3.05, 3.63) is 16.6 Å². The highest BCUT2D eigenvalue weighted by molar-refractivity contribution is 7.09. The first-order chi connectivity index (χ1) is 7.56. The average molecular weight is 242 g/mol. The third kappa shape index (κ3) is 3.28. The fourth-order valence-corrected chi connectivity index (χ4v) is 2.64. The van der Waals surface area contributed by atoms with Gasteiger partial charge in [-0.15, -0.1) is 11.3 Å². The zero-order valence-electron chi connectivity index (χ0n) is 9.88. The number of aromatic nitrogens is 1. The molecule has 1 N–H and O–H groups in total. The molecular weight excluding hydrogens is 224 g/mol. The Morgan fingerprint density at radius 1 is 1.62 bits per heavy atom. The molecule has 1 heterocycles. The Bertz CT molecular complexity index is 327. The normalized spacial score (nSPS) is 15.0. The summed E-state index contributed by atoms with van der Waals surface area (Å²) in [7, 11) is 0. The SMILES string of the molecule is CCN(C(C)CC(=O)O)C(C)c1nccs1. The van der Waals surface area contributed by atoms with Gasteiger partial charge in [0.05, 0.1) is 12.5 Å². The van der Waals surface area contributed by atoms with Gasteiger partial charge in [-0.3, -0.25) is 9.69 Å². The van der Waals surface area contributed by atoms with E-state index in [0.29, 0.717) is 0 Å². The van der Waals surface area contributed by atoms with E-state index in [-0.39, 0.29) is 18.5 Å². The van der Waals surface area contributed by atoms with Crippen molar-refractivity contribution >= 4 is 17.3 Å². The topological polar surface area (TPSA) is 53.4 Å². The van der Waals surface area contributed by atoms with Crippen LogP contribution in [0.5, 0.6) is 0 Å². The van der Waals surface area contributed by atoms with Gasteiger partial charge in [0.1, 0.15) is 5.01 Å². The van der Waals surface area contributed by atoms with Crippen molar-refractivity contribution in [2.24, 2.45) is 0 Å². The molecule has 1 rings (SSSR count). The second kappa shape index (κ2) is 5.96. The smallest absolute Gasteiger partial charge is 0.304 e. The maximum Gasteiger partial charge on any atom is 0.304 e. The van der Waals surface area contributed by atoms with Crippen molar-refractivity contribution < 1.29 is 9.90 Å². The van der Waals surface area contributed by atoms with Crippen LogP contribution >= 0.6 is 11.3 Å². The van der Waals surface area contributed by atoms with E-state index in [1.54, 1.807) is 17.5 Å². The van der Waals surface area contributed by atoms with Gasteiger partial charge in [0.15, 0.2) is 0 Å². The number of carboxylic acid groups (broad SMARTS) is 1. The van der Waals surface area contributed by atoms with Crippen LogP contribution in [0.25, 0.3) is 0 Å². The van der Waals surface area contributed by atoms with Crippen molar-refractivity contribution in [3.8, 4) is 0 Å². The lowest BCUT2D eigenvalue weighted by atomic mass is 10.1. The van der Waals surface area contributed by atoms with Gasteiger partial charge in [-0.1, -0.05) is 6.92 Å². The maximum atomic E-state index is 10.7. The molecule has 0 bridgehead atoms. The van der Waals surface area contributed by atoms with E-state index < -0.39 is 5.97 Å². The fraction of sp³-hybridized carbons (Fsp3) is 0.636. The van der Waals surface area contributed by atoms with Crippen LogP contribution in [0.1, 0.15) is 38.2 Å². The largest absolute Gasteiger partial charge is 0.481 e. The number of hydrogen-bond acceptors (Lipinski definition) is 4. The number of nitrogens with zero attached hydrogens (tertiary/aromatic N) is 2. The van der Waals surface area contributed by atoms with E-state index in [4.69, 9.17) is 5.11 Å². The van der Waals surface area contributed by atoms with Gasteiger partial charge in [0, 0.05) is 17.6 Å². The molecule has 0 amide bonds. The lowest BCUT2D eigenvalue weighted by Gasteiger charge is -2.31. The Kier molecular flexibility index (Phi) is 4.89. The first-order valence-electron chi connectivity index (χ1n) is 5.43. The van der Waals surface area contributed by atoms with Crippen LogP contribution in [-0.4, -0.2) is 33.5 Å². The van der Waals surface area contributed by atoms with Gasteiger partial charge < -0.3 is 5.11 Å². The Labute approximate surface area is 99.9 Å². The monoisotopic (exact) mass is 242 g/mol. The van der Waals surface area contributed by atoms with Crippen LogP contribution in [-0.2, 0) is 4.79 Å². The predicted octanol–water partition coefficient (Wildman–Crippen LogP) is 2.39. The highest BCUT2D eigenvalue weighted by Crippen LogP contribution is 2.24. The molecular formula is C11H18N2O2S. The van der Waals surface area contributed by atoms with Gasteiger partial charge in [0.25, 0.3) is 0 Å². The molecule has 0 fully saturated rings. The third-order valence-corrected chi connectivity index (χ3v) is 3.65. The number of carboxylic acids is 1. The summed E-state index contributed by atoms with van der Waals surface area (Å²) in [4.78, 5) is 17.1. The van der Waals surface area contributed by atoms with Crippen molar-refractivity contribution in [1.82, 2.24) is 9.88 Å². The number of hydrogen-bond donors (Lipinski definition) is 1. The van der Waals surface area contributed by atoms with Gasteiger partial charge in [-0.2, -0.15) is 0 Å². The molecule has 0 radical (unpaired) electrons. The summed E-state index contributed by atoms with van der Waals surface area (Å²) >= 11 is 1.61. The zero-order chi connectivity index (χ0) is 12.1. The summed E-state index contributed by atoms with van der Waals surface area (Å²) in [5, 5.41) is 11.8. The van der Waals surface area contributed by atoms with Gasteiger partial charge >= 0.3 is 5.97 Å². The van der Waals surface area contributed by atoms with Crippen LogP contribution in [0.4, 0.5) is 0 Å². The van der Waals surface area contributed by atoms with Crippen LogP contribution in [0, 0.1) is 0 Å². The van der Waals surface area contributed by atoms with E-state index >= 15 is 0 Å². The minimum absolute atomic E-state index is 0.0291. The summed E-state index contributed by atoms with van der Waals surface area (Å²) in [6.07, 6.45) is 1.95. The molecule has 2 unspecified atom stereocenters. The quantitative estimate of drug-likeness (QED) is 0.832. The van der Waals surface area contributed by atoms with Crippen molar-refractivity contribution in [2.75, 3.05) is 6.54 Å². The maximum absolute atomic E-state index is 10.7. The number of thiazole rings is 1. The molecule has 90 valence electrons. The summed E-state index contributed by atoms with van der Waals surface area (Å²) in [5.74, 6) is -0.753. The first kappa shape index (κ1) is 13.1. The second-order valence-electron chi connectivity index (χ2n) is 3.82. The third-order valence-electron chi connectivity index (χ3n) is 2.71. The Balaban J connectivity index is 2.70. The molecule has 4 nitrogen and oxygen atoms in total. The summed E-state index contributed by atoms with van der Waals surface area (Å²) in [5.41, 5.74) is 0. The Morgan fingerprint density at radius 2 is 2.31 bits per heavy atom. The molecule has 1 aromatic rings. The summed E-state index contributed by atoms with van der Waals surface area (Å²) in [6.45, 7) is 6.89. The lowest BCUT2D eigenvalue weighted by molar-refractivity contribution is -0.138. The molecule has 2 atom stereocenters. The molecule has 16 heavy (non-hydrogen) atoms. The van der Waals surface area contributed by atoms with E-state index in [0.717, 1.165) is 11.6 Å². The van der Waals surface area contributed by atoms with E-state index in [1.165, 1.54) is 0 Å². The molecule has 0 spiro atoms. The fourth-order valence-electron chi connectivity index (χ4n) is 1.92. The average Bonchev–Trinajstić information content (AvgIpc) is 2.69. The van der Waals surface area contributed by atoms with Crippen LogP contribution in [0.2, 0.25) is 0 Å². The summed E-state index contributed by atoms with van der Waals surface area (Å²) in [6, 6.07) is 0.209. The van der Waals surface area contributed by atoms with E-state index in [9.17, 15) is 4.79 Å². The van der Waals surface area contributed by atoms with Crippen molar-refractivity contribution in [2.45, 2.75) is 39.3 Å². The van der Waals surface area contributed by atoms with Crippen LogP contribution in [0.15, 0.2) is 11.6 Å². The predicted molar refractivity (Wildman–Crippen MR) is 64.6 cm³/mol. The number of carbonyl (C=O) groups is 1. The van der Waals surface area contributed by atoms with Gasteiger partial charge in [-0.25, -0.2) is 4.98 Å². The minimum Gasteiger partial charge on any atom is -0.481 e. The Morgan fingerprint density at radius 3 is 2.75 bits per heavy atom. The molecule has 5 heteroatoms. The first-order valence-corrected chi connectivity index (χ1v) is 6.31. The minimum atomic E-state index is -0.753. The van der Waals surface area contributed by atoms with E-state index in [1.807, 2.05) is 19.2 Å². The number of rotatable bonds is 6. The van der Waals surface area contributed by atoms with Crippen molar-refractivity contribution in [3.63, 3.8) is 0 Å². The molecule has 0 aliphatic carbocycles.